The molecule has 0 aromatic heterocycles. The van der Waals surface area contributed by atoms with Crippen molar-refractivity contribution in [1.29, 1.82) is 0 Å². The van der Waals surface area contributed by atoms with Crippen LogP contribution in [0.3, 0.4) is 0 Å². The largest absolute Gasteiger partial charge is 0.416 e. The van der Waals surface area contributed by atoms with Gasteiger partial charge >= 0.3 is 6.18 Å². The lowest BCUT2D eigenvalue weighted by atomic mass is 10.1. The van der Waals surface area contributed by atoms with Gasteiger partial charge in [0.25, 0.3) is 0 Å². The monoisotopic (exact) mass is 434 g/mol. The number of aliphatic imine (C=N–C) groups is 1. The Hall–Kier alpha value is -2.58. The van der Waals surface area contributed by atoms with E-state index in [2.05, 4.69) is 32.7 Å². The molecule has 1 aliphatic heterocycles. The molecule has 0 bridgehead atoms. The zero-order valence-corrected chi connectivity index (χ0v) is 17.9. The second-order valence-electron chi connectivity index (χ2n) is 7.74. The van der Waals surface area contributed by atoms with E-state index in [-0.39, 0.29) is 6.04 Å². The highest BCUT2D eigenvalue weighted by molar-refractivity contribution is 5.80. The predicted octanol–water partition coefficient (Wildman–Crippen LogP) is 3.79. The summed E-state index contributed by atoms with van der Waals surface area (Å²) in [4.78, 5) is 6.54. The lowest BCUT2D eigenvalue weighted by Crippen LogP contribution is -2.44. The molecule has 0 saturated carbocycles. The van der Waals surface area contributed by atoms with Crippen LogP contribution in [0.2, 0.25) is 0 Å². The molecular weight excluding hydrogens is 405 g/mol. The Bertz CT molecular complexity index is 851. The van der Waals surface area contributed by atoms with Gasteiger partial charge in [0.2, 0.25) is 0 Å². The number of nitrogens with one attached hydrogen (secondary N) is 2. The van der Waals surface area contributed by atoms with Crippen molar-refractivity contribution >= 4 is 5.96 Å². The van der Waals surface area contributed by atoms with Crippen LogP contribution in [0, 0.1) is 0 Å². The number of methoxy groups -OCH3 is 1. The molecule has 1 saturated heterocycles. The average molecular weight is 435 g/mol. The number of hydrogen-bond donors (Lipinski definition) is 2. The average Bonchev–Trinajstić information content (AvgIpc) is 3.19. The van der Waals surface area contributed by atoms with Crippen molar-refractivity contribution in [3.05, 3.63) is 70.8 Å². The van der Waals surface area contributed by atoms with E-state index in [0.717, 1.165) is 54.3 Å². The molecule has 1 aliphatic rings. The molecule has 1 heterocycles. The van der Waals surface area contributed by atoms with E-state index in [1.54, 1.807) is 26.3 Å². The predicted molar refractivity (Wildman–Crippen MR) is 116 cm³/mol. The Kier molecular flexibility index (Phi) is 7.92. The molecular formula is C23H29F3N4O. The molecule has 2 aromatic carbocycles. The summed E-state index contributed by atoms with van der Waals surface area (Å²) in [6, 6.07) is 13.9. The van der Waals surface area contributed by atoms with Crippen LogP contribution >= 0.6 is 0 Å². The maximum Gasteiger partial charge on any atom is 0.416 e. The SMILES string of the molecule is CN=C(NCc1ccc(COC)cc1)NC1CCN(Cc2ccc(C(F)(F)F)cc2)C1. The molecule has 1 unspecified atom stereocenters. The van der Waals surface area contributed by atoms with Crippen LogP contribution in [0.1, 0.15) is 28.7 Å². The Morgan fingerprint density at radius 3 is 2.32 bits per heavy atom. The van der Waals surface area contributed by atoms with Crippen LogP contribution in [0.5, 0.6) is 0 Å². The van der Waals surface area contributed by atoms with Gasteiger partial charge in [0.1, 0.15) is 0 Å². The van der Waals surface area contributed by atoms with Crippen molar-refractivity contribution in [3.63, 3.8) is 0 Å². The lowest BCUT2D eigenvalue weighted by molar-refractivity contribution is -0.137. The van der Waals surface area contributed by atoms with E-state index in [1.165, 1.54) is 0 Å². The highest BCUT2D eigenvalue weighted by Crippen LogP contribution is 2.29. The quantitative estimate of drug-likeness (QED) is 0.514. The van der Waals surface area contributed by atoms with Crippen molar-refractivity contribution in [2.45, 2.75) is 38.3 Å². The lowest BCUT2D eigenvalue weighted by Gasteiger charge is -2.19. The third-order valence-electron chi connectivity index (χ3n) is 5.32. The summed E-state index contributed by atoms with van der Waals surface area (Å²) in [6.45, 7) is 3.59. The van der Waals surface area contributed by atoms with Gasteiger partial charge in [-0.05, 0) is 35.2 Å². The Labute approximate surface area is 181 Å². The van der Waals surface area contributed by atoms with E-state index in [9.17, 15) is 13.2 Å². The minimum atomic E-state index is -4.30. The maximum absolute atomic E-state index is 12.7. The maximum atomic E-state index is 12.7. The number of halogens is 3. The molecule has 2 aromatic rings. The first-order valence-electron chi connectivity index (χ1n) is 10.3. The summed E-state index contributed by atoms with van der Waals surface area (Å²) in [5.74, 6) is 0.738. The number of benzene rings is 2. The van der Waals surface area contributed by atoms with Crippen LogP contribution in [0.4, 0.5) is 13.2 Å². The molecule has 0 aliphatic carbocycles. The number of likely N-dealkylation sites (tertiary alicyclic amines) is 1. The van der Waals surface area contributed by atoms with Gasteiger partial charge < -0.3 is 15.4 Å². The fourth-order valence-electron chi connectivity index (χ4n) is 3.65. The van der Waals surface area contributed by atoms with E-state index in [4.69, 9.17) is 4.74 Å². The van der Waals surface area contributed by atoms with Crippen molar-refractivity contribution < 1.29 is 17.9 Å². The topological polar surface area (TPSA) is 48.9 Å². The van der Waals surface area contributed by atoms with Gasteiger partial charge in [-0.15, -0.1) is 0 Å². The van der Waals surface area contributed by atoms with Crippen molar-refractivity contribution in [2.75, 3.05) is 27.2 Å². The summed E-state index contributed by atoms with van der Waals surface area (Å²) in [7, 11) is 3.42. The number of rotatable bonds is 7. The molecule has 3 rings (SSSR count). The third-order valence-corrected chi connectivity index (χ3v) is 5.32. The summed E-state index contributed by atoms with van der Waals surface area (Å²) in [5, 5.41) is 6.77. The Morgan fingerprint density at radius 1 is 1.06 bits per heavy atom. The van der Waals surface area contributed by atoms with Gasteiger partial charge in [-0.25, -0.2) is 0 Å². The fraction of sp³-hybridized carbons (Fsp3) is 0.435. The molecule has 1 atom stereocenters. The second-order valence-corrected chi connectivity index (χ2v) is 7.74. The smallest absolute Gasteiger partial charge is 0.380 e. The fourth-order valence-corrected chi connectivity index (χ4v) is 3.65. The van der Waals surface area contributed by atoms with Crippen LogP contribution in [0.25, 0.3) is 0 Å². The molecule has 0 amide bonds. The molecule has 0 radical (unpaired) electrons. The van der Waals surface area contributed by atoms with Crippen LogP contribution in [-0.4, -0.2) is 44.1 Å². The zero-order valence-electron chi connectivity index (χ0n) is 17.9. The van der Waals surface area contributed by atoms with Crippen LogP contribution in [0.15, 0.2) is 53.5 Å². The normalized spacial score (nSPS) is 17.7. The van der Waals surface area contributed by atoms with Crippen molar-refractivity contribution in [3.8, 4) is 0 Å². The molecule has 1 fully saturated rings. The molecule has 168 valence electrons. The summed E-state index contributed by atoms with van der Waals surface area (Å²) in [5.41, 5.74) is 2.56. The van der Waals surface area contributed by atoms with Gasteiger partial charge in [0.15, 0.2) is 5.96 Å². The van der Waals surface area contributed by atoms with Gasteiger partial charge in [-0.3, -0.25) is 9.89 Å². The van der Waals surface area contributed by atoms with E-state index in [1.807, 2.05) is 12.1 Å². The van der Waals surface area contributed by atoms with E-state index in [0.29, 0.717) is 19.7 Å². The molecule has 31 heavy (non-hydrogen) atoms. The number of ether oxygens (including phenoxy) is 1. The van der Waals surface area contributed by atoms with E-state index < -0.39 is 11.7 Å². The minimum absolute atomic E-state index is 0.240. The van der Waals surface area contributed by atoms with Crippen molar-refractivity contribution in [1.82, 2.24) is 15.5 Å². The summed E-state index contributed by atoms with van der Waals surface area (Å²) < 4.78 is 43.3. The highest BCUT2D eigenvalue weighted by Gasteiger charge is 2.30. The van der Waals surface area contributed by atoms with Crippen molar-refractivity contribution in [2.24, 2.45) is 4.99 Å². The van der Waals surface area contributed by atoms with Crippen LogP contribution in [-0.2, 0) is 30.6 Å². The standard InChI is InChI=1S/C23H29F3N4O/c1-27-22(28-13-17-3-5-19(6-4-17)16-31-2)29-21-11-12-30(15-21)14-18-7-9-20(10-8-18)23(24,25)26/h3-10,21H,11-16H2,1-2H3,(H2,27,28,29). The first-order valence-corrected chi connectivity index (χ1v) is 10.3. The Morgan fingerprint density at radius 2 is 1.71 bits per heavy atom. The summed E-state index contributed by atoms with van der Waals surface area (Å²) >= 11 is 0. The third kappa shape index (κ3) is 6.97. The zero-order chi connectivity index (χ0) is 22.3. The highest BCUT2D eigenvalue weighted by atomic mass is 19.4. The summed E-state index contributed by atoms with van der Waals surface area (Å²) in [6.07, 6.45) is -3.34. The molecule has 8 heteroatoms. The first kappa shape index (κ1) is 23.1. The number of alkyl halides is 3. The van der Waals surface area contributed by atoms with Gasteiger partial charge in [-0.2, -0.15) is 13.2 Å². The van der Waals surface area contributed by atoms with E-state index >= 15 is 0 Å². The molecule has 2 N–H and O–H groups in total. The number of hydrogen-bond acceptors (Lipinski definition) is 3. The van der Waals surface area contributed by atoms with Gasteiger partial charge in [0.05, 0.1) is 12.2 Å². The second kappa shape index (κ2) is 10.6. The first-order chi connectivity index (χ1) is 14.9. The van der Waals surface area contributed by atoms with Gasteiger partial charge in [0, 0.05) is 46.4 Å². The number of nitrogens with zero attached hydrogens (tertiary/aromatic N) is 2. The molecule has 0 spiro atoms. The Balaban J connectivity index is 1.44. The van der Waals surface area contributed by atoms with Crippen LogP contribution < -0.4 is 10.6 Å². The van der Waals surface area contributed by atoms with Gasteiger partial charge in [-0.1, -0.05) is 36.4 Å². The minimum Gasteiger partial charge on any atom is -0.380 e. The number of guanidine groups is 1. The molecule has 5 nitrogen and oxygen atoms in total.